The molecule has 0 spiro atoms. The van der Waals surface area contributed by atoms with Crippen molar-refractivity contribution in [1.82, 2.24) is 0 Å². The van der Waals surface area contributed by atoms with Gasteiger partial charge in [0.2, 0.25) is 0 Å². The van der Waals surface area contributed by atoms with Gasteiger partial charge in [-0.3, -0.25) is 0 Å². The summed E-state index contributed by atoms with van der Waals surface area (Å²) >= 11 is 0. The van der Waals surface area contributed by atoms with Gasteiger partial charge < -0.3 is 9.47 Å². The quantitative estimate of drug-likeness (QED) is 0.437. The van der Waals surface area contributed by atoms with E-state index in [0.717, 1.165) is 13.0 Å². The van der Waals surface area contributed by atoms with Gasteiger partial charge in [-0.15, -0.1) is 0 Å². The third kappa shape index (κ3) is 5.77. The first kappa shape index (κ1) is 10.3. The molecule has 0 aromatic heterocycles. The van der Waals surface area contributed by atoms with Crippen molar-refractivity contribution in [3.63, 3.8) is 0 Å². The largest absolute Gasteiger partial charge is 0.469 e. The third-order valence-corrected chi connectivity index (χ3v) is 1.43. The van der Waals surface area contributed by atoms with Gasteiger partial charge in [-0.2, -0.15) is 0 Å². The highest BCUT2D eigenvalue weighted by atomic mass is 16.7. The Labute approximate surface area is 69.2 Å². The lowest BCUT2D eigenvalue weighted by atomic mass is 10.3. The summed E-state index contributed by atoms with van der Waals surface area (Å²) in [5, 5.41) is 0. The molecule has 66 valence electrons. The van der Waals surface area contributed by atoms with Crippen molar-refractivity contribution in [2.45, 2.75) is 33.1 Å². The van der Waals surface area contributed by atoms with Crippen LogP contribution in [0.4, 0.5) is 0 Å². The van der Waals surface area contributed by atoms with E-state index in [0.29, 0.717) is 5.95 Å². The summed E-state index contributed by atoms with van der Waals surface area (Å²) in [5.41, 5.74) is 0. The second-order valence-electron chi connectivity index (χ2n) is 2.37. The van der Waals surface area contributed by atoms with E-state index in [9.17, 15) is 0 Å². The molecule has 0 saturated heterocycles. The van der Waals surface area contributed by atoms with Crippen LogP contribution in [0.5, 0.6) is 0 Å². The lowest BCUT2D eigenvalue weighted by molar-refractivity contribution is 0.0595. The van der Waals surface area contributed by atoms with E-state index in [1.807, 2.05) is 13.0 Å². The molecule has 11 heavy (non-hydrogen) atoms. The Morgan fingerprint density at radius 1 is 1.36 bits per heavy atom. The molecule has 0 fully saturated rings. The predicted molar refractivity (Wildman–Crippen MR) is 46.2 cm³/mol. The summed E-state index contributed by atoms with van der Waals surface area (Å²) in [5.74, 6) is 0.626. The Kier molecular flexibility index (Phi) is 7.00. The summed E-state index contributed by atoms with van der Waals surface area (Å²) in [7, 11) is 1.62. The van der Waals surface area contributed by atoms with Crippen LogP contribution in [0.3, 0.4) is 0 Å². The van der Waals surface area contributed by atoms with Gasteiger partial charge in [0, 0.05) is 0 Å². The van der Waals surface area contributed by atoms with E-state index in [2.05, 4.69) is 6.92 Å². The van der Waals surface area contributed by atoms with E-state index >= 15 is 0 Å². The van der Waals surface area contributed by atoms with Crippen LogP contribution in [-0.4, -0.2) is 13.7 Å². The molecule has 0 aromatic rings. The minimum atomic E-state index is 0.626. The Hall–Kier alpha value is -0.660. The van der Waals surface area contributed by atoms with E-state index < -0.39 is 0 Å². The maximum Gasteiger partial charge on any atom is 0.274 e. The van der Waals surface area contributed by atoms with Crippen LogP contribution in [-0.2, 0) is 9.47 Å². The summed E-state index contributed by atoms with van der Waals surface area (Å²) < 4.78 is 10.2. The zero-order chi connectivity index (χ0) is 8.53. The average molecular weight is 158 g/mol. The van der Waals surface area contributed by atoms with Crippen LogP contribution < -0.4 is 0 Å². The molecule has 0 rings (SSSR count). The number of ether oxygens (including phenoxy) is 2. The van der Waals surface area contributed by atoms with Crippen LogP contribution in [0.1, 0.15) is 33.1 Å². The third-order valence-electron chi connectivity index (χ3n) is 1.43. The zero-order valence-corrected chi connectivity index (χ0v) is 7.72. The highest BCUT2D eigenvalue weighted by Gasteiger charge is 1.92. The fourth-order valence-electron chi connectivity index (χ4n) is 0.785. The molecule has 2 nitrogen and oxygen atoms in total. The van der Waals surface area contributed by atoms with Crippen LogP contribution in [0.25, 0.3) is 0 Å². The number of methoxy groups -OCH3 is 1. The molecule has 0 heterocycles. The fraction of sp³-hybridized carbons (Fsp3) is 0.778. The van der Waals surface area contributed by atoms with Crippen LogP contribution in [0.15, 0.2) is 12.0 Å². The Morgan fingerprint density at radius 2 is 2.09 bits per heavy atom. The van der Waals surface area contributed by atoms with Gasteiger partial charge in [-0.05, 0) is 19.4 Å². The lowest BCUT2D eigenvalue weighted by Crippen LogP contribution is -1.96. The van der Waals surface area contributed by atoms with Crippen LogP contribution in [0, 0.1) is 0 Å². The normalized spacial score (nSPS) is 11.4. The molecule has 0 aliphatic carbocycles. The molecular formula is C9H18O2. The van der Waals surface area contributed by atoms with Gasteiger partial charge in [0.05, 0.1) is 13.7 Å². The summed E-state index contributed by atoms with van der Waals surface area (Å²) in [6, 6.07) is 0. The SMILES string of the molecule is CC=C(OC)OCCCCC. The van der Waals surface area contributed by atoms with Crippen molar-refractivity contribution < 1.29 is 9.47 Å². The highest BCUT2D eigenvalue weighted by molar-refractivity contribution is 4.78. The number of hydrogen-bond acceptors (Lipinski definition) is 2. The first-order chi connectivity index (χ1) is 5.35. The minimum Gasteiger partial charge on any atom is -0.469 e. The van der Waals surface area contributed by atoms with Gasteiger partial charge in [0.15, 0.2) is 0 Å². The van der Waals surface area contributed by atoms with Gasteiger partial charge >= 0.3 is 0 Å². The Morgan fingerprint density at radius 3 is 2.55 bits per heavy atom. The maximum atomic E-state index is 5.28. The Balaban J connectivity index is 3.22. The van der Waals surface area contributed by atoms with E-state index in [-0.39, 0.29) is 0 Å². The zero-order valence-electron chi connectivity index (χ0n) is 7.72. The van der Waals surface area contributed by atoms with Gasteiger partial charge in [0.1, 0.15) is 0 Å². The minimum absolute atomic E-state index is 0.626. The molecule has 0 aromatic carbocycles. The number of unbranched alkanes of at least 4 members (excludes halogenated alkanes) is 2. The fourth-order valence-corrected chi connectivity index (χ4v) is 0.785. The average Bonchev–Trinajstić information content (AvgIpc) is 2.05. The summed E-state index contributed by atoms with van der Waals surface area (Å²) in [6.45, 7) is 4.84. The summed E-state index contributed by atoms with van der Waals surface area (Å²) in [6.07, 6.45) is 5.38. The van der Waals surface area contributed by atoms with Crippen molar-refractivity contribution >= 4 is 0 Å². The van der Waals surface area contributed by atoms with Crippen molar-refractivity contribution in [3.8, 4) is 0 Å². The molecule has 0 aliphatic rings. The highest BCUT2D eigenvalue weighted by Crippen LogP contribution is 2.01. The number of rotatable bonds is 6. The second kappa shape index (κ2) is 7.45. The smallest absolute Gasteiger partial charge is 0.274 e. The molecule has 0 unspecified atom stereocenters. The van der Waals surface area contributed by atoms with E-state index in [1.165, 1.54) is 12.8 Å². The van der Waals surface area contributed by atoms with Crippen molar-refractivity contribution in [2.75, 3.05) is 13.7 Å². The first-order valence-corrected chi connectivity index (χ1v) is 4.18. The number of allylic oxidation sites excluding steroid dienone is 1. The molecule has 0 atom stereocenters. The number of hydrogen-bond donors (Lipinski definition) is 0. The van der Waals surface area contributed by atoms with Crippen LogP contribution >= 0.6 is 0 Å². The van der Waals surface area contributed by atoms with E-state index in [4.69, 9.17) is 9.47 Å². The van der Waals surface area contributed by atoms with Gasteiger partial charge in [-0.25, -0.2) is 0 Å². The predicted octanol–water partition coefficient (Wildman–Crippen LogP) is 2.70. The van der Waals surface area contributed by atoms with Crippen molar-refractivity contribution in [3.05, 3.63) is 12.0 Å². The molecule has 0 radical (unpaired) electrons. The molecular weight excluding hydrogens is 140 g/mol. The van der Waals surface area contributed by atoms with Gasteiger partial charge in [0.25, 0.3) is 5.95 Å². The molecule has 0 N–H and O–H groups in total. The van der Waals surface area contributed by atoms with E-state index in [1.54, 1.807) is 7.11 Å². The molecule has 0 bridgehead atoms. The molecule has 0 aliphatic heterocycles. The molecule has 0 saturated carbocycles. The monoisotopic (exact) mass is 158 g/mol. The maximum absolute atomic E-state index is 5.28. The topological polar surface area (TPSA) is 18.5 Å². The van der Waals surface area contributed by atoms with Crippen molar-refractivity contribution in [1.29, 1.82) is 0 Å². The molecule has 2 heteroatoms. The standard InChI is InChI=1S/C9H18O2/c1-4-6-7-8-11-9(5-2)10-3/h5H,4,6-8H2,1-3H3. The first-order valence-electron chi connectivity index (χ1n) is 4.18. The summed E-state index contributed by atoms with van der Waals surface area (Å²) in [4.78, 5) is 0. The van der Waals surface area contributed by atoms with Gasteiger partial charge in [-0.1, -0.05) is 19.8 Å². The Bertz CT molecular complexity index is 108. The second-order valence-corrected chi connectivity index (χ2v) is 2.37. The lowest BCUT2D eigenvalue weighted by Gasteiger charge is -2.06. The van der Waals surface area contributed by atoms with Crippen molar-refractivity contribution in [2.24, 2.45) is 0 Å². The van der Waals surface area contributed by atoms with Crippen LogP contribution in [0.2, 0.25) is 0 Å². The molecule has 0 amide bonds.